The van der Waals surface area contributed by atoms with E-state index < -0.39 is 0 Å². The van der Waals surface area contributed by atoms with Gasteiger partial charge in [-0.15, -0.1) is 10.2 Å². The molecule has 3 rings (SSSR count). The summed E-state index contributed by atoms with van der Waals surface area (Å²) in [6.45, 7) is 8.02. The first-order chi connectivity index (χ1) is 12.0. The molecule has 25 heavy (non-hydrogen) atoms. The molecule has 1 atom stereocenters. The minimum absolute atomic E-state index is 0.176. The van der Waals surface area contributed by atoms with Crippen LogP contribution in [0.2, 0.25) is 0 Å². The van der Waals surface area contributed by atoms with Crippen LogP contribution in [0.15, 0.2) is 34.9 Å². The van der Waals surface area contributed by atoms with E-state index in [1.165, 1.54) is 6.07 Å². The molecule has 3 aromatic rings. The molecule has 0 bridgehead atoms. The van der Waals surface area contributed by atoms with E-state index in [2.05, 4.69) is 34.5 Å². The molecule has 0 saturated heterocycles. The van der Waals surface area contributed by atoms with Gasteiger partial charge in [0.05, 0.1) is 17.6 Å². The number of halogens is 1. The Kier molecular flexibility index (Phi) is 4.83. The molecule has 6 nitrogen and oxygen atoms in total. The largest absolute Gasteiger partial charge is 0.423 e. The second kappa shape index (κ2) is 7.04. The van der Waals surface area contributed by atoms with E-state index in [4.69, 9.17) is 4.42 Å². The van der Waals surface area contributed by atoms with Crippen LogP contribution in [0.1, 0.15) is 44.3 Å². The lowest BCUT2D eigenvalue weighted by molar-refractivity contribution is 0.414. The molecule has 0 aliphatic heterocycles. The summed E-state index contributed by atoms with van der Waals surface area (Å²) in [5.41, 5.74) is 2.01. The maximum absolute atomic E-state index is 14.0. The number of para-hydroxylation sites is 1. The van der Waals surface area contributed by atoms with Crippen LogP contribution >= 0.6 is 0 Å². The first kappa shape index (κ1) is 17.1. The summed E-state index contributed by atoms with van der Waals surface area (Å²) in [6, 6.07) is 6.37. The number of benzene rings is 1. The summed E-state index contributed by atoms with van der Waals surface area (Å²) in [5, 5.41) is 15.8. The third kappa shape index (κ3) is 3.70. The first-order valence-electron chi connectivity index (χ1n) is 8.34. The smallest absolute Gasteiger partial charge is 0.238 e. The van der Waals surface area contributed by atoms with Crippen LogP contribution in [-0.4, -0.2) is 20.0 Å². The predicted molar refractivity (Wildman–Crippen MR) is 93.1 cm³/mol. The van der Waals surface area contributed by atoms with Gasteiger partial charge in [0.1, 0.15) is 17.5 Å². The van der Waals surface area contributed by atoms with Crippen LogP contribution in [-0.2, 0) is 6.42 Å². The van der Waals surface area contributed by atoms with Crippen LogP contribution in [0.4, 0.5) is 10.1 Å². The number of hydrogen-bond acceptors (Lipinski definition) is 5. The van der Waals surface area contributed by atoms with Gasteiger partial charge in [-0.1, -0.05) is 26.0 Å². The van der Waals surface area contributed by atoms with Crippen molar-refractivity contribution in [2.75, 3.05) is 5.32 Å². The van der Waals surface area contributed by atoms with E-state index in [-0.39, 0.29) is 11.9 Å². The monoisotopic (exact) mass is 343 g/mol. The molecule has 0 aliphatic carbocycles. The van der Waals surface area contributed by atoms with Gasteiger partial charge < -0.3 is 9.73 Å². The minimum atomic E-state index is -0.316. The normalized spacial score (nSPS) is 12.6. The van der Waals surface area contributed by atoms with E-state index in [1.807, 2.05) is 13.8 Å². The lowest BCUT2D eigenvalue weighted by Crippen LogP contribution is -2.08. The molecule has 0 fully saturated rings. The lowest BCUT2D eigenvalue weighted by Gasteiger charge is -2.11. The Hall–Kier alpha value is -2.70. The van der Waals surface area contributed by atoms with Gasteiger partial charge in [0.15, 0.2) is 0 Å². The zero-order chi connectivity index (χ0) is 18.0. The van der Waals surface area contributed by atoms with Gasteiger partial charge in [-0.25, -0.2) is 9.07 Å². The molecule has 2 aromatic heterocycles. The summed E-state index contributed by atoms with van der Waals surface area (Å²) >= 11 is 0. The van der Waals surface area contributed by atoms with E-state index in [1.54, 1.807) is 29.1 Å². The van der Waals surface area contributed by atoms with Gasteiger partial charge in [-0.3, -0.25) is 0 Å². The number of hydrogen-bond donors (Lipinski definition) is 1. The van der Waals surface area contributed by atoms with Crippen molar-refractivity contribution in [3.63, 3.8) is 0 Å². The Morgan fingerprint density at radius 2 is 1.96 bits per heavy atom. The molecule has 0 amide bonds. The van der Waals surface area contributed by atoms with Crippen molar-refractivity contribution < 1.29 is 8.81 Å². The van der Waals surface area contributed by atoms with Crippen molar-refractivity contribution in [2.45, 2.75) is 40.2 Å². The first-order valence-corrected chi connectivity index (χ1v) is 8.34. The van der Waals surface area contributed by atoms with Crippen LogP contribution in [0.25, 0.3) is 5.69 Å². The Balaban J connectivity index is 1.77. The molecular weight excluding hydrogens is 321 g/mol. The fraction of sp³-hybridized carbons (Fsp3) is 0.389. The predicted octanol–water partition coefficient (Wildman–Crippen LogP) is 4.07. The van der Waals surface area contributed by atoms with Crippen molar-refractivity contribution >= 4 is 5.69 Å². The standard InChI is InChI=1S/C18H22FN5O/c1-11(2)9-17-22-23-18(25-17)12(3)21-15-10-20-24(13(15)4)16-8-6-5-7-14(16)19/h5-8,10-12,21H,9H2,1-4H3/t12-/m1/s1. The molecule has 0 spiro atoms. The van der Waals surface area contributed by atoms with Gasteiger partial charge in [0.2, 0.25) is 11.8 Å². The second-order valence-electron chi connectivity index (χ2n) is 6.50. The van der Waals surface area contributed by atoms with Gasteiger partial charge >= 0.3 is 0 Å². The molecule has 7 heteroatoms. The van der Waals surface area contributed by atoms with E-state index in [0.29, 0.717) is 23.4 Å². The average molecular weight is 343 g/mol. The molecule has 1 N–H and O–H groups in total. The average Bonchev–Trinajstić information content (AvgIpc) is 3.15. The fourth-order valence-electron chi connectivity index (χ4n) is 2.59. The molecule has 132 valence electrons. The van der Waals surface area contributed by atoms with Gasteiger partial charge in [0.25, 0.3) is 0 Å². The minimum Gasteiger partial charge on any atom is -0.423 e. The SMILES string of the molecule is Cc1c(N[C@H](C)c2nnc(CC(C)C)o2)cnn1-c1ccccc1F. The lowest BCUT2D eigenvalue weighted by atomic mass is 10.1. The highest BCUT2D eigenvalue weighted by molar-refractivity contribution is 5.50. The Morgan fingerprint density at radius 3 is 2.68 bits per heavy atom. The highest BCUT2D eigenvalue weighted by Gasteiger charge is 2.18. The molecule has 1 aromatic carbocycles. The van der Waals surface area contributed by atoms with Crippen molar-refractivity contribution in [2.24, 2.45) is 5.92 Å². The third-order valence-corrected chi connectivity index (χ3v) is 3.90. The molecule has 0 radical (unpaired) electrons. The maximum atomic E-state index is 14.0. The van der Waals surface area contributed by atoms with Crippen LogP contribution in [0.3, 0.4) is 0 Å². The zero-order valence-corrected chi connectivity index (χ0v) is 14.8. The van der Waals surface area contributed by atoms with E-state index in [0.717, 1.165) is 17.8 Å². The Morgan fingerprint density at radius 1 is 1.20 bits per heavy atom. The molecule has 2 heterocycles. The molecule has 0 aliphatic rings. The van der Waals surface area contributed by atoms with Crippen LogP contribution in [0.5, 0.6) is 0 Å². The van der Waals surface area contributed by atoms with Crippen LogP contribution < -0.4 is 5.32 Å². The van der Waals surface area contributed by atoms with Gasteiger partial charge in [-0.2, -0.15) is 5.10 Å². The topological polar surface area (TPSA) is 68.8 Å². The summed E-state index contributed by atoms with van der Waals surface area (Å²) in [4.78, 5) is 0. The Bertz CT molecular complexity index is 855. The molecular formula is C18H22FN5O. The number of nitrogens with one attached hydrogen (secondary N) is 1. The van der Waals surface area contributed by atoms with Crippen LogP contribution in [0, 0.1) is 18.7 Å². The Labute approximate surface area is 146 Å². The number of rotatable bonds is 6. The quantitative estimate of drug-likeness (QED) is 0.730. The van der Waals surface area contributed by atoms with Crippen molar-refractivity contribution in [1.29, 1.82) is 0 Å². The summed E-state index contributed by atoms with van der Waals surface area (Å²) < 4.78 is 21.3. The van der Waals surface area contributed by atoms with Gasteiger partial charge in [-0.05, 0) is 31.9 Å². The van der Waals surface area contributed by atoms with E-state index >= 15 is 0 Å². The third-order valence-electron chi connectivity index (χ3n) is 3.90. The number of anilines is 1. The number of aromatic nitrogens is 4. The van der Waals surface area contributed by atoms with Crippen molar-refractivity contribution in [3.8, 4) is 5.69 Å². The maximum Gasteiger partial charge on any atom is 0.238 e. The highest BCUT2D eigenvalue weighted by atomic mass is 19.1. The second-order valence-corrected chi connectivity index (χ2v) is 6.50. The van der Waals surface area contributed by atoms with Crippen molar-refractivity contribution in [1.82, 2.24) is 20.0 Å². The van der Waals surface area contributed by atoms with Gasteiger partial charge in [0, 0.05) is 6.42 Å². The number of nitrogens with zero attached hydrogens (tertiary/aromatic N) is 4. The summed E-state index contributed by atoms with van der Waals surface area (Å²) in [5.74, 6) is 1.30. The summed E-state index contributed by atoms with van der Waals surface area (Å²) in [7, 11) is 0. The molecule has 0 unspecified atom stereocenters. The van der Waals surface area contributed by atoms with Crippen molar-refractivity contribution in [3.05, 3.63) is 53.8 Å². The zero-order valence-electron chi connectivity index (χ0n) is 14.8. The molecule has 0 saturated carbocycles. The van der Waals surface area contributed by atoms with E-state index in [9.17, 15) is 4.39 Å². The highest BCUT2D eigenvalue weighted by Crippen LogP contribution is 2.24. The summed E-state index contributed by atoms with van der Waals surface area (Å²) in [6.07, 6.45) is 2.42. The fourth-order valence-corrected chi connectivity index (χ4v) is 2.59.